The first-order valence-electron chi connectivity index (χ1n) is 15.2. The quantitative estimate of drug-likeness (QED) is 0.214. The van der Waals surface area contributed by atoms with E-state index in [1.165, 1.54) is 19.3 Å². The summed E-state index contributed by atoms with van der Waals surface area (Å²) in [5.74, 6) is 0.408. The van der Waals surface area contributed by atoms with Crippen molar-refractivity contribution in [2.75, 3.05) is 19.0 Å². The van der Waals surface area contributed by atoms with Gasteiger partial charge < -0.3 is 20.7 Å². The van der Waals surface area contributed by atoms with Crippen LogP contribution in [0.1, 0.15) is 53.7 Å². The van der Waals surface area contributed by atoms with Crippen molar-refractivity contribution in [3.63, 3.8) is 0 Å². The Morgan fingerprint density at radius 1 is 1.09 bits per heavy atom. The molecule has 3 heterocycles. The summed E-state index contributed by atoms with van der Waals surface area (Å²) in [4.78, 5) is 41.8. The predicted molar refractivity (Wildman–Crippen MR) is 179 cm³/mol. The van der Waals surface area contributed by atoms with Gasteiger partial charge in [0.25, 0.3) is 11.5 Å². The van der Waals surface area contributed by atoms with Crippen molar-refractivity contribution in [2.24, 2.45) is 13.0 Å². The number of rotatable bonds is 9. The highest BCUT2D eigenvalue weighted by atomic mass is 35.5. The Bertz CT molecular complexity index is 1890. The average Bonchev–Trinajstić information content (AvgIpc) is 3.60. The SMILES string of the molecule is COc1nc(-c2cccc(-c3cccc(NC(=O)c4ccnn(C)c4=O)c3Cl)c2Cl)cc2c1[C@@H](NCC[C@@H]1CCC(=O)N1)[C@@H](C)C2. The van der Waals surface area contributed by atoms with Crippen LogP contribution in [0.15, 0.2) is 59.5 Å². The molecule has 2 aliphatic rings. The minimum absolute atomic E-state index is 0.0512. The minimum atomic E-state index is -0.594. The van der Waals surface area contributed by atoms with Crippen LogP contribution in [0, 0.1) is 5.92 Å². The van der Waals surface area contributed by atoms with Crippen LogP contribution in [-0.2, 0) is 18.3 Å². The van der Waals surface area contributed by atoms with Gasteiger partial charge in [-0.25, -0.2) is 9.67 Å². The van der Waals surface area contributed by atoms with Crippen LogP contribution in [0.2, 0.25) is 10.0 Å². The van der Waals surface area contributed by atoms with Crippen molar-refractivity contribution >= 4 is 40.7 Å². The van der Waals surface area contributed by atoms with Crippen LogP contribution in [0.5, 0.6) is 5.88 Å². The number of hydrogen-bond donors (Lipinski definition) is 3. The van der Waals surface area contributed by atoms with E-state index < -0.39 is 11.5 Å². The molecule has 1 aliphatic carbocycles. The first-order chi connectivity index (χ1) is 22.2. The topological polar surface area (TPSA) is 127 Å². The lowest BCUT2D eigenvalue weighted by Crippen LogP contribution is -2.32. The predicted octanol–water partition coefficient (Wildman–Crippen LogP) is 5.57. The number of pyridine rings is 1. The fraction of sp³-hybridized carbons (Fsp3) is 0.324. The molecule has 0 bridgehead atoms. The van der Waals surface area contributed by atoms with Crippen LogP contribution in [0.25, 0.3) is 22.4 Å². The third-order valence-corrected chi connectivity index (χ3v) is 9.54. The van der Waals surface area contributed by atoms with Gasteiger partial charge in [0.15, 0.2) is 0 Å². The van der Waals surface area contributed by atoms with Gasteiger partial charge in [0, 0.05) is 54.0 Å². The van der Waals surface area contributed by atoms with E-state index in [9.17, 15) is 14.4 Å². The molecular formula is C34H34Cl2N6O4. The van der Waals surface area contributed by atoms with Gasteiger partial charge in [0.05, 0.1) is 28.5 Å². The summed E-state index contributed by atoms with van der Waals surface area (Å²) in [5, 5.41) is 14.1. The lowest BCUT2D eigenvalue weighted by atomic mass is 9.99. The number of carbonyl (C=O) groups is 2. The average molecular weight is 662 g/mol. The van der Waals surface area contributed by atoms with Crippen molar-refractivity contribution in [1.82, 2.24) is 25.4 Å². The van der Waals surface area contributed by atoms with Crippen molar-refractivity contribution in [3.05, 3.63) is 91.8 Å². The van der Waals surface area contributed by atoms with E-state index in [1.807, 2.05) is 24.3 Å². The van der Waals surface area contributed by atoms with E-state index in [1.54, 1.807) is 19.2 Å². The molecule has 0 radical (unpaired) electrons. The molecule has 2 aromatic carbocycles. The molecule has 2 aromatic heterocycles. The molecule has 1 fully saturated rings. The molecule has 0 unspecified atom stereocenters. The van der Waals surface area contributed by atoms with Crippen LogP contribution >= 0.6 is 23.2 Å². The zero-order valence-corrected chi connectivity index (χ0v) is 27.2. The minimum Gasteiger partial charge on any atom is -0.481 e. The first-order valence-corrected chi connectivity index (χ1v) is 15.9. The lowest BCUT2D eigenvalue weighted by Gasteiger charge is -2.21. The second kappa shape index (κ2) is 13.2. The Morgan fingerprint density at radius 3 is 2.57 bits per heavy atom. The second-order valence-corrected chi connectivity index (χ2v) is 12.5. The van der Waals surface area contributed by atoms with Crippen LogP contribution in [0.4, 0.5) is 5.69 Å². The Hall–Kier alpha value is -4.25. The summed E-state index contributed by atoms with van der Waals surface area (Å²) in [6, 6.07) is 14.6. The molecule has 1 saturated heterocycles. The molecule has 4 aromatic rings. The number of nitrogens with one attached hydrogen (secondary N) is 3. The largest absolute Gasteiger partial charge is 0.481 e. The summed E-state index contributed by atoms with van der Waals surface area (Å²) >= 11 is 13.9. The van der Waals surface area contributed by atoms with Gasteiger partial charge in [-0.05, 0) is 55.5 Å². The number of amides is 2. The number of methoxy groups -OCH3 is 1. The van der Waals surface area contributed by atoms with E-state index in [0.717, 1.165) is 41.6 Å². The van der Waals surface area contributed by atoms with Crippen LogP contribution in [0.3, 0.4) is 0 Å². The number of fused-ring (bicyclic) bond motifs is 1. The van der Waals surface area contributed by atoms with E-state index in [2.05, 4.69) is 34.0 Å². The number of benzene rings is 2. The monoisotopic (exact) mass is 660 g/mol. The van der Waals surface area contributed by atoms with Gasteiger partial charge in [-0.2, -0.15) is 5.10 Å². The van der Waals surface area contributed by atoms with Gasteiger partial charge in [0.2, 0.25) is 11.8 Å². The van der Waals surface area contributed by atoms with Crippen LogP contribution < -0.4 is 26.2 Å². The molecule has 3 N–H and O–H groups in total. The van der Waals surface area contributed by atoms with Crippen molar-refractivity contribution in [2.45, 2.75) is 44.7 Å². The molecule has 3 atom stereocenters. The summed E-state index contributed by atoms with van der Waals surface area (Å²) < 4.78 is 6.92. The normalized spacial score (nSPS) is 18.7. The molecule has 0 saturated carbocycles. The van der Waals surface area contributed by atoms with Crippen LogP contribution in [-0.4, -0.2) is 46.3 Å². The van der Waals surface area contributed by atoms with E-state index in [0.29, 0.717) is 51.3 Å². The Labute approximate surface area is 276 Å². The number of aromatic nitrogens is 3. The fourth-order valence-corrected chi connectivity index (χ4v) is 6.98. The maximum absolute atomic E-state index is 12.9. The smallest absolute Gasteiger partial charge is 0.279 e. The van der Waals surface area contributed by atoms with E-state index >= 15 is 0 Å². The van der Waals surface area contributed by atoms with Gasteiger partial charge in [-0.1, -0.05) is 60.5 Å². The second-order valence-electron chi connectivity index (χ2n) is 11.8. The Balaban J connectivity index is 1.28. The Kier molecular flexibility index (Phi) is 9.13. The Morgan fingerprint density at radius 2 is 1.83 bits per heavy atom. The highest BCUT2D eigenvalue weighted by molar-refractivity contribution is 6.39. The molecule has 12 heteroatoms. The zero-order chi connectivity index (χ0) is 32.5. The molecule has 46 heavy (non-hydrogen) atoms. The van der Waals surface area contributed by atoms with Crippen molar-refractivity contribution < 1.29 is 14.3 Å². The summed E-state index contributed by atoms with van der Waals surface area (Å²) in [5.41, 5.74) is 4.63. The summed E-state index contributed by atoms with van der Waals surface area (Å²) in [6.45, 7) is 2.99. The number of halogens is 2. The van der Waals surface area contributed by atoms with Gasteiger partial charge in [-0.15, -0.1) is 0 Å². The fourth-order valence-electron chi connectivity index (χ4n) is 6.38. The third-order valence-electron chi connectivity index (χ3n) is 8.73. The van der Waals surface area contributed by atoms with Crippen molar-refractivity contribution in [1.29, 1.82) is 0 Å². The molecular weight excluding hydrogens is 627 g/mol. The van der Waals surface area contributed by atoms with Gasteiger partial charge in [0.1, 0.15) is 5.56 Å². The van der Waals surface area contributed by atoms with E-state index in [4.69, 9.17) is 32.9 Å². The molecule has 1 aliphatic heterocycles. The molecule has 6 rings (SSSR count). The summed E-state index contributed by atoms with van der Waals surface area (Å²) in [6.07, 6.45) is 4.58. The third kappa shape index (κ3) is 6.12. The number of carbonyl (C=O) groups excluding carboxylic acids is 2. The number of anilines is 1. The lowest BCUT2D eigenvalue weighted by molar-refractivity contribution is -0.119. The standard InChI is InChI=1S/C34H34Cl2N6O4/c1-18-16-19-17-26(41-33(46-3)28(19)31(18)37-14-12-20-10-11-27(43)39-20)23-8-4-6-21(29(23)35)22-7-5-9-25(30(22)36)40-32(44)24-13-15-38-42(2)34(24)45/h4-9,13,15,17-18,20,31,37H,10-12,14,16H2,1-3H3,(H,39,43)(H,40,44)/t18-,20-,31-/m0/s1. The first kappa shape index (κ1) is 31.7. The van der Waals surface area contributed by atoms with E-state index in [-0.39, 0.29) is 28.6 Å². The highest BCUT2D eigenvalue weighted by Crippen LogP contribution is 2.45. The zero-order valence-electron chi connectivity index (χ0n) is 25.7. The summed E-state index contributed by atoms with van der Waals surface area (Å²) in [7, 11) is 3.10. The maximum atomic E-state index is 12.9. The number of hydrogen-bond acceptors (Lipinski definition) is 7. The van der Waals surface area contributed by atoms with Gasteiger partial charge in [-0.3, -0.25) is 14.4 Å². The molecule has 238 valence electrons. The molecule has 2 amide bonds. The maximum Gasteiger partial charge on any atom is 0.279 e. The number of ether oxygens (including phenoxy) is 1. The highest BCUT2D eigenvalue weighted by Gasteiger charge is 2.34. The van der Waals surface area contributed by atoms with Crippen molar-refractivity contribution in [3.8, 4) is 28.3 Å². The molecule has 0 spiro atoms. The van der Waals surface area contributed by atoms with Gasteiger partial charge >= 0.3 is 0 Å². The number of nitrogens with zero attached hydrogens (tertiary/aromatic N) is 3. The number of aryl methyl sites for hydroxylation is 1. The molecule has 10 nitrogen and oxygen atoms in total.